The molecule has 160 valence electrons. The Hall–Kier alpha value is -3.36. The molecular weight excluding hydrogens is 384 g/mol. The monoisotopic (exact) mass is 412 g/mol. The van der Waals surface area contributed by atoms with Crippen molar-refractivity contribution in [2.45, 2.75) is 39.8 Å². The summed E-state index contributed by atoms with van der Waals surface area (Å²) in [5.74, 6) is 0.915. The lowest BCUT2D eigenvalue weighted by Gasteiger charge is -2.28. The molecule has 1 aliphatic carbocycles. The smallest absolute Gasteiger partial charge is 0.277 e. The summed E-state index contributed by atoms with van der Waals surface area (Å²) in [6.45, 7) is 4.36. The van der Waals surface area contributed by atoms with Gasteiger partial charge in [-0.2, -0.15) is 0 Å². The van der Waals surface area contributed by atoms with Gasteiger partial charge in [0.2, 0.25) is 11.8 Å². The average Bonchev–Trinajstić information content (AvgIpc) is 3.48. The van der Waals surface area contributed by atoms with E-state index in [1.165, 1.54) is 17.4 Å². The van der Waals surface area contributed by atoms with E-state index in [-0.39, 0.29) is 37.1 Å². The number of carbonyl (C=O) groups excluding carboxylic acids is 2. The molecule has 2 amide bonds. The molecule has 1 fully saturated rings. The van der Waals surface area contributed by atoms with Crippen LogP contribution in [0.1, 0.15) is 31.0 Å². The Labute approximate surface area is 175 Å². The molecule has 4 N–H and O–H groups in total. The van der Waals surface area contributed by atoms with Gasteiger partial charge in [-0.15, -0.1) is 0 Å². The van der Waals surface area contributed by atoms with Crippen LogP contribution in [-0.4, -0.2) is 35.0 Å². The minimum Gasteiger partial charge on any atom is -0.384 e. The van der Waals surface area contributed by atoms with E-state index in [1.54, 1.807) is 43.3 Å². The maximum absolute atomic E-state index is 12.7. The van der Waals surface area contributed by atoms with Crippen molar-refractivity contribution in [1.82, 2.24) is 14.9 Å². The molecule has 0 radical (unpaired) electrons. The fraction of sp³-hybridized carbons (Fsp3) is 0.429. The van der Waals surface area contributed by atoms with E-state index >= 15 is 0 Å². The third kappa shape index (κ3) is 5.37. The zero-order valence-electron chi connectivity index (χ0n) is 17.6. The zero-order chi connectivity index (χ0) is 21.8. The predicted molar refractivity (Wildman–Crippen MR) is 116 cm³/mol. The molecule has 9 heteroatoms. The van der Waals surface area contributed by atoms with Crippen LogP contribution in [0.3, 0.4) is 0 Å². The number of anilines is 3. The quantitative estimate of drug-likeness (QED) is 0.695. The van der Waals surface area contributed by atoms with Crippen molar-refractivity contribution in [2.24, 2.45) is 5.92 Å². The second kappa shape index (κ2) is 8.98. The van der Waals surface area contributed by atoms with Gasteiger partial charge in [-0.25, -0.2) is 4.98 Å². The number of nitrogen functional groups attached to an aromatic ring is 1. The number of nitrogens with two attached hydrogens (primary N) is 1. The highest BCUT2D eigenvalue weighted by atomic mass is 16.2. The van der Waals surface area contributed by atoms with E-state index in [0.717, 1.165) is 11.5 Å². The topological polar surface area (TPSA) is 122 Å². The molecule has 30 heavy (non-hydrogen) atoms. The number of amides is 2. The fourth-order valence-electron chi connectivity index (χ4n) is 2.95. The van der Waals surface area contributed by atoms with Gasteiger partial charge in [0.05, 0.1) is 12.2 Å². The summed E-state index contributed by atoms with van der Waals surface area (Å²) in [5.41, 5.74) is 7.41. The molecular formula is C21H28N6O3. The van der Waals surface area contributed by atoms with Gasteiger partial charge in [0.25, 0.3) is 5.56 Å². The molecule has 2 aliphatic rings. The predicted octanol–water partition coefficient (Wildman–Crippen LogP) is 1.25. The number of fused-ring (bicyclic) bond motifs is 1. The SMILES string of the molecule is CC1CC1.Cc1cc2c(c(=O)n1CC(=O)NCc1ccc(N)nc1)NC(=O)CN2C. The van der Waals surface area contributed by atoms with Crippen molar-refractivity contribution in [1.29, 1.82) is 0 Å². The van der Waals surface area contributed by atoms with Crippen molar-refractivity contribution in [3.63, 3.8) is 0 Å². The van der Waals surface area contributed by atoms with E-state index in [4.69, 9.17) is 5.73 Å². The molecule has 0 spiro atoms. The second-order valence-electron chi connectivity index (χ2n) is 7.89. The van der Waals surface area contributed by atoms with Gasteiger partial charge < -0.3 is 25.8 Å². The first-order valence-corrected chi connectivity index (χ1v) is 9.97. The Morgan fingerprint density at radius 2 is 2.03 bits per heavy atom. The second-order valence-corrected chi connectivity index (χ2v) is 7.89. The molecule has 0 aromatic carbocycles. The maximum Gasteiger partial charge on any atom is 0.277 e. The van der Waals surface area contributed by atoms with Crippen LogP contribution in [0.25, 0.3) is 0 Å². The average molecular weight is 412 g/mol. The molecule has 2 aromatic rings. The Kier molecular flexibility index (Phi) is 6.39. The number of hydrogen-bond acceptors (Lipinski definition) is 6. The van der Waals surface area contributed by atoms with Crippen molar-refractivity contribution in [3.05, 3.63) is 46.0 Å². The van der Waals surface area contributed by atoms with Gasteiger partial charge in [0.1, 0.15) is 18.1 Å². The van der Waals surface area contributed by atoms with Gasteiger partial charge >= 0.3 is 0 Å². The minimum absolute atomic E-state index is 0.139. The van der Waals surface area contributed by atoms with Crippen molar-refractivity contribution >= 4 is 29.0 Å². The summed E-state index contributed by atoms with van der Waals surface area (Å²) in [6, 6.07) is 5.20. The Morgan fingerprint density at radius 1 is 1.33 bits per heavy atom. The van der Waals surface area contributed by atoms with Crippen molar-refractivity contribution in [2.75, 3.05) is 29.5 Å². The first-order chi connectivity index (χ1) is 14.2. The van der Waals surface area contributed by atoms with Crippen LogP contribution in [0.4, 0.5) is 17.2 Å². The largest absolute Gasteiger partial charge is 0.384 e. The third-order valence-corrected chi connectivity index (χ3v) is 5.05. The summed E-state index contributed by atoms with van der Waals surface area (Å²) < 4.78 is 1.34. The molecule has 0 saturated heterocycles. The number of nitrogens with zero attached hydrogens (tertiary/aromatic N) is 3. The Bertz CT molecular complexity index is 995. The normalized spacial score (nSPS) is 14.9. The van der Waals surface area contributed by atoms with Crippen LogP contribution in [0.15, 0.2) is 29.2 Å². The molecule has 1 aliphatic heterocycles. The van der Waals surface area contributed by atoms with Crippen LogP contribution in [-0.2, 0) is 22.7 Å². The fourth-order valence-corrected chi connectivity index (χ4v) is 2.95. The number of rotatable bonds is 4. The van der Waals surface area contributed by atoms with Crippen LogP contribution in [0.2, 0.25) is 0 Å². The van der Waals surface area contributed by atoms with Crippen LogP contribution in [0.5, 0.6) is 0 Å². The van der Waals surface area contributed by atoms with Gasteiger partial charge in [-0.3, -0.25) is 14.4 Å². The highest BCUT2D eigenvalue weighted by Crippen LogP contribution is 2.27. The number of likely N-dealkylation sites (N-methyl/N-ethyl adjacent to an activating group) is 1. The number of aromatic nitrogens is 2. The van der Waals surface area contributed by atoms with Gasteiger partial charge in [-0.1, -0.05) is 25.8 Å². The molecule has 0 unspecified atom stereocenters. The van der Waals surface area contributed by atoms with Crippen LogP contribution in [0, 0.1) is 12.8 Å². The summed E-state index contributed by atoms with van der Waals surface area (Å²) >= 11 is 0. The molecule has 1 saturated carbocycles. The summed E-state index contributed by atoms with van der Waals surface area (Å²) in [5, 5.41) is 5.34. The third-order valence-electron chi connectivity index (χ3n) is 5.05. The van der Waals surface area contributed by atoms with E-state index in [0.29, 0.717) is 17.2 Å². The Balaban J connectivity index is 0.000000572. The van der Waals surface area contributed by atoms with Crippen molar-refractivity contribution < 1.29 is 9.59 Å². The molecule has 0 atom stereocenters. The number of aryl methyl sites for hydroxylation is 1. The summed E-state index contributed by atoms with van der Waals surface area (Å²) in [4.78, 5) is 42.3. The van der Waals surface area contributed by atoms with Gasteiger partial charge in [0, 0.05) is 25.5 Å². The first-order valence-electron chi connectivity index (χ1n) is 9.97. The number of pyridine rings is 2. The first kappa shape index (κ1) is 21.4. The minimum atomic E-state index is -0.399. The summed E-state index contributed by atoms with van der Waals surface area (Å²) in [6.07, 6.45) is 4.55. The standard InChI is InChI=1S/C17H20N6O3.C4H8/c1-10-5-12-16(21-15(25)8-22(12)2)17(26)23(10)9-14(24)20-7-11-3-4-13(18)19-6-11;1-4-2-3-4/h3-6H,7-9H2,1-2H3,(H2,18,19)(H,20,24)(H,21,25);4H,2-3H2,1H3. The van der Waals surface area contributed by atoms with E-state index in [9.17, 15) is 14.4 Å². The number of carbonyl (C=O) groups is 2. The van der Waals surface area contributed by atoms with E-state index in [1.807, 2.05) is 0 Å². The Morgan fingerprint density at radius 3 is 2.63 bits per heavy atom. The highest BCUT2D eigenvalue weighted by molar-refractivity contribution is 6.00. The number of nitrogens with one attached hydrogen (secondary N) is 2. The molecule has 9 nitrogen and oxygen atoms in total. The highest BCUT2D eigenvalue weighted by Gasteiger charge is 2.24. The van der Waals surface area contributed by atoms with Crippen LogP contribution >= 0.6 is 0 Å². The van der Waals surface area contributed by atoms with E-state index < -0.39 is 5.56 Å². The lowest BCUT2D eigenvalue weighted by molar-refractivity contribution is -0.122. The lowest BCUT2D eigenvalue weighted by Crippen LogP contribution is -2.41. The lowest BCUT2D eigenvalue weighted by atomic mass is 10.2. The van der Waals surface area contributed by atoms with E-state index in [2.05, 4.69) is 22.5 Å². The maximum atomic E-state index is 12.7. The van der Waals surface area contributed by atoms with Crippen LogP contribution < -0.4 is 26.8 Å². The molecule has 2 aromatic heterocycles. The van der Waals surface area contributed by atoms with Gasteiger partial charge in [-0.05, 0) is 30.5 Å². The zero-order valence-corrected chi connectivity index (χ0v) is 17.6. The summed E-state index contributed by atoms with van der Waals surface area (Å²) in [7, 11) is 1.74. The molecule has 4 rings (SSSR count). The van der Waals surface area contributed by atoms with Gasteiger partial charge in [0.15, 0.2) is 0 Å². The number of hydrogen-bond donors (Lipinski definition) is 3. The molecule has 0 bridgehead atoms. The molecule has 3 heterocycles. The van der Waals surface area contributed by atoms with Crippen molar-refractivity contribution in [3.8, 4) is 0 Å².